The zero-order valence-electron chi connectivity index (χ0n) is 15.8. The molecule has 0 unspecified atom stereocenters. The SMILES string of the molecule is COc1cc(C(=O)c2nc(-c3ccccc3)cn2C(C)C)cc(OC)c1O. The molecule has 1 N–H and O–H groups in total. The van der Waals surface area contributed by atoms with Gasteiger partial charge in [0.1, 0.15) is 0 Å². The summed E-state index contributed by atoms with van der Waals surface area (Å²) in [5.41, 5.74) is 1.99. The third-order valence-electron chi connectivity index (χ3n) is 4.30. The van der Waals surface area contributed by atoms with Crippen molar-refractivity contribution in [2.45, 2.75) is 19.9 Å². The van der Waals surface area contributed by atoms with E-state index in [2.05, 4.69) is 4.98 Å². The number of aromatic hydroxyl groups is 1. The Labute approximate surface area is 158 Å². The number of carbonyl (C=O) groups is 1. The number of ether oxygens (including phenoxy) is 2. The predicted octanol–water partition coefficient (Wildman–Crippen LogP) is 4.08. The fourth-order valence-electron chi connectivity index (χ4n) is 2.86. The van der Waals surface area contributed by atoms with Crippen LogP contribution in [0.4, 0.5) is 0 Å². The van der Waals surface area contributed by atoms with Gasteiger partial charge in [-0.05, 0) is 26.0 Å². The average molecular weight is 366 g/mol. The molecule has 0 saturated carbocycles. The zero-order chi connectivity index (χ0) is 19.6. The number of carbonyl (C=O) groups excluding carboxylic acids is 1. The topological polar surface area (TPSA) is 73.6 Å². The molecule has 0 fully saturated rings. The lowest BCUT2D eigenvalue weighted by Gasteiger charge is -2.13. The number of ketones is 1. The summed E-state index contributed by atoms with van der Waals surface area (Å²) in [6, 6.07) is 12.7. The first-order valence-corrected chi connectivity index (χ1v) is 8.60. The summed E-state index contributed by atoms with van der Waals surface area (Å²) < 4.78 is 12.2. The van der Waals surface area contributed by atoms with Crippen LogP contribution in [0.1, 0.15) is 36.1 Å². The summed E-state index contributed by atoms with van der Waals surface area (Å²) in [6.07, 6.45) is 1.88. The monoisotopic (exact) mass is 366 g/mol. The molecule has 1 aromatic heterocycles. The van der Waals surface area contributed by atoms with Crippen LogP contribution in [0.15, 0.2) is 48.7 Å². The van der Waals surface area contributed by atoms with Gasteiger partial charge in [-0.1, -0.05) is 30.3 Å². The lowest BCUT2D eigenvalue weighted by atomic mass is 10.1. The van der Waals surface area contributed by atoms with Crippen molar-refractivity contribution in [2.24, 2.45) is 0 Å². The van der Waals surface area contributed by atoms with Crippen molar-refractivity contribution in [3.05, 3.63) is 60.0 Å². The first kappa shape index (κ1) is 18.5. The van der Waals surface area contributed by atoms with E-state index in [0.29, 0.717) is 11.4 Å². The maximum atomic E-state index is 13.2. The van der Waals surface area contributed by atoms with Crippen LogP contribution in [0.3, 0.4) is 0 Å². The van der Waals surface area contributed by atoms with Crippen LogP contribution in [0.2, 0.25) is 0 Å². The average Bonchev–Trinajstić information content (AvgIpc) is 3.14. The number of nitrogens with zero attached hydrogens (tertiary/aromatic N) is 2. The summed E-state index contributed by atoms with van der Waals surface area (Å²) in [6.45, 7) is 3.98. The highest BCUT2D eigenvalue weighted by atomic mass is 16.5. The molecule has 27 heavy (non-hydrogen) atoms. The molecule has 1 heterocycles. The van der Waals surface area contributed by atoms with Crippen molar-refractivity contribution in [3.8, 4) is 28.5 Å². The molecule has 0 saturated heterocycles. The summed E-state index contributed by atoms with van der Waals surface area (Å²) in [7, 11) is 2.84. The van der Waals surface area contributed by atoms with Gasteiger partial charge in [-0.25, -0.2) is 4.98 Å². The van der Waals surface area contributed by atoms with Crippen molar-refractivity contribution in [3.63, 3.8) is 0 Å². The number of rotatable bonds is 6. The summed E-state index contributed by atoms with van der Waals surface area (Å²) in [4.78, 5) is 17.8. The number of phenols is 1. The molecule has 0 spiro atoms. The molecule has 3 aromatic rings. The van der Waals surface area contributed by atoms with Gasteiger partial charge in [-0.2, -0.15) is 0 Å². The van der Waals surface area contributed by atoms with Crippen LogP contribution in [-0.4, -0.2) is 34.7 Å². The Kier molecular flexibility index (Phi) is 5.16. The van der Waals surface area contributed by atoms with Gasteiger partial charge >= 0.3 is 0 Å². The van der Waals surface area contributed by atoms with Crippen molar-refractivity contribution in [2.75, 3.05) is 14.2 Å². The standard InChI is InChI=1S/C21H22N2O4/c1-13(2)23-12-16(14-8-6-5-7-9-14)22-21(23)19(24)15-10-17(26-3)20(25)18(11-15)27-4/h5-13,25H,1-4H3. The van der Waals surface area contributed by atoms with Crippen molar-refractivity contribution in [1.29, 1.82) is 0 Å². The number of phenolic OH excluding ortho intramolecular Hbond substituents is 1. The minimum Gasteiger partial charge on any atom is -0.502 e. The highest BCUT2D eigenvalue weighted by Crippen LogP contribution is 2.37. The number of hydrogen-bond acceptors (Lipinski definition) is 5. The molecule has 3 rings (SSSR count). The fourth-order valence-corrected chi connectivity index (χ4v) is 2.86. The van der Waals surface area contributed by atoms with Crippen LogP contribution >= 0.6 is 0 Å². The molecule has 0 aliphatic carbocycles. The van der Waals surface area contributed by atoms with E-state index in [1.165, 1.54) is 26.4 Å². The van der Waals surface area contributed by atoms with Gasteiger partial charge in [0.05, 0.1) is 19.9 Å². The van der Waals surface area contributed by atoms with E-state index >= 15 is 0 Å². The molecule has 0 radical (unpaired) electrons. The van der Waals surface area contributed by atoms with Gasteiger partial charge in [0.2, 0.25) is 11.5 Å². The molecule has 140 valence electrons. The minimum absolute atomic E-state index is 0.0508. The number of aromatic nitrogens is 2. The molecule has 2 aromatic carbocycles. The Hall–Kier alpha value is -3.28. The third kappa shape index (κ3) is 3.51. The van der Waals surface area contributed by atoms with E-state index in [9.17, 15) is 9.90 Å². The van der Waals surface area contributed by atoms with Crippen molar-refractivity contribution < 1.29 is 19.4 Å². The number of imidazole rings is 1. The highest BCUT2D eigenvalue weighted by Gasteiger charge is 2.23. The first-order chi connectivity index (χ1) is 13.0. The van der Waals surface area contributed by atoms with Crippen LogP contribution in [0, 0.1) is 0 Å². The van der Waals surface area contributed by atoms with E-state index in [-0.39, 0.29) is 29.1 Å². The Bertz CT molecular complexity index is 937. The molecule has 0 aliphatic rings. The van der Waals surface area contributed by atoms with Crippen molar-refractivity contribution in [1.82, 2.24) is 9.55 Å². The largest absolute Gasteiger partial charge is 0.502 e. The maximum Gasteiger partial charge on any atom is 0.228 e. The number of hydrogen-bond donors (Lipinski definition) is 1. The second-order valence-corrected chi connectivity index (χ2v) is 6.38. The van der Waals surface area contributed by atoms with Gasteiger partial charge in [-0.15, -0.1) is 0 Å². The van der Waals surface area contributed by atoms with E-state index in [4.69, 9.17) is 9.47 Å². The summed E-state index contributed by atoms with van der Waals surface area (Å²) in [5, 5.41) is 10.1. The van der Waals surface area contributed by atoms with Crippen LogP contribution < -0.4 is 9.47 Å². The van der Waals surface area contributed by atoms with Gasteiger partial charge < -0.3 is 19.1 Å². The second-order valence-electron chi connectivity index (χ2n) is 6.38. The number of methoxy groups -OCH3 is 2. The molecule has 6 nitrogen and oxygen atoms in total. The van der Waals surface area contributed by atoms with Gasteiger partial charge in [0, 0.05) is 23.4 Å². The molecular formula is C21H22N2O4. The Morgan fingerprint density at radius 1 is 1.07 bits per heavy atom. The van der Waals surface area contributed by atoms with E-state index in [1.54, 1.807) is 0 Å². The van der Waals surface area contributed by atoms with Crippen LogP contribution in [0.25, 0.3) is 11.3 Å². The smallest absolute Gasteiger partial charge is 0.228 e. The van der Waals surface area contributed by atoms with E-state index < -0.39 is 0 Å². The minimum atomic E-state index is -0.275. The third-order valence-corrected chi connectivity index (χ3v) is 4.30. The number of benzene rings is 2. The molecule has 6 heteroatoms. The Morgan fingerprint density at radius 2 is 1.67 bits per heavy atom. The molecule has 0 amide bonds. The zero-order valence-corrected chi connectivity index (χ0v) is 15.8. The molecule has 0 atom stereocenters. The van der Waals surface area contributed by atoms with E-state index in [0.717, 1.165) is 11.3 Å². The van der Waals surface area contributed by atoms with Gasteiger partial charge in [0.15, 0.2) is 17.3 Å². The van der Waals surface area contributed by atoms with Crippen molar-refractivity contribution >= 4 is 5.78 Å². The maximum absolute atomic E-state index is 13.2. The highest BCUT2D eigenvalue weighted by molar-refractivity contribution is 6.07. The van der Waals surface area contributed by atoms with Gasteiger partial charge in [0.25, 0.3) is 0 Å². The molecular weight excluding hydrogens is 344 g/mol. The van der Waals surface area contributed by atoms with Crippen LogP contribution in [0.5, 0.6) is 17.2 Å². The fraction of sp³-hybridized carbons (Fsp3) is 0.238. The first-order valence-electron chi connectivity index (χ1n) is 8.60. The quantitative estimate of drug-likeness (QED) is 0.665. The normalized spacial score (nSPS) is 10.9. The Morgan fingerprint density at radius 3 is 2.19 bits per heavy atom. The Balaban J connectivity index is 2.11. The van der Waals surface area contributed by atoms with Gasteiger partial charge in [-0.3, -0.25) is 4.79 Å². The molecule has 0 bridgehead atoms. The predicted molar refractivity (Wildman–Crippen MR) is 103 cm³/mol. The second kappa shape index (κ2) is 7.53. The summed E-state index contributed by atoms with van der Waals surface area (Å²) in [5.74, 6) is 0.238. The lowest BCUT2D eigenvalue weighted by molar-refractivity contribution is 0.102. The lowest BCUT2D eigenvalue weighted by Crippen LogP contribution is -2.13. The molecule has 0 aliphatic heterocycles. The summed E-state index contributed by atoms with van der Waals surface area (Å²) >= 11 is 0. The van der Waals surface area contributed by atoms with Crippen LogP contribution in [-0.2, 0) is 0 Å². The van der Waals surface area contributed by atoms with E-state index in [1.807, 2.05) is 54.9 Å².